The standard InChI is InChI=1S/C22H21ClFN7OS.C22H27ClFN7O/c23-14-6-16-17(9-27-19(16)26-8-14)20-28-10-18(24)21(30-20)25-7-13-2-1-4-31(11-13)22(32)29-15-3-5-33-12-15;1-22(2,3)30-21(32)31-6-4-5-13(12-31)8-25-20-17(24)11-28-19(29-20)16-10-27-18-15(16)7-14(23)9-26-18/h3,5-6,8-10,12-13H,1-2,4,7,11H2,(H,26,27)(H,29,32)(H,25,28,30);7,9-11,13H,4-6,8,12H2,1-3H3,(H,26,27)(H,30,32)(H,25,28,29). The minimum atomic E-state index is -0.530. The van der Waals surface area contributed by atoms with Crippen molar-refractivity contribution in [2.75, 3.05) is 55.2 Å². The van der Waals surface area contributed by atoms with E-state index in [0.29, 0.717) is 76.8 Å². The molecule has 0 saturated carbocycles. The third-order valence-electron chi connectivity index (χ3n) is 10.9. The van der Waals surface area contributed by atoms with Crippen LogP contribution < -0.4 is 21.3 Å². The summed E-state index contributed by atoms with van der Waals surface area (Å²) in [5, 5.41) is 18.5. The number of anilines is 3. The van der Waals surface area contributed by atoms with Gasteiger partial charge in [-0.2, -0.15) is 11.3 Å². The lowest BCUT2D eigenvalue weighted by Crippen LogP contribution is -2.51. The molecule has 0 radical (unpaired) electrons. The highest BCUT2D eigenvalue weighted by Gasteiger charge is 2.27. The lowest BCUT2D eigenvalue weighted by molar-refractivity contribution is 0.161. The number of H-pyrrole nitrogens is 2. The van der Waals surface area contributed by atoms with E-state index in [4.69, 9.17) is 23.2 Å². The van der Waals surface area contributed by atoms with Gasteiger partial charge in [-0.05, 0) is 81.9 Å². The van der Waals surface area contributed by atoms with Crippen molar-refractivity contribution in [1.82, 2.24) is 55.0 Å². The number of thiophene rings is 1. The van der Waals surface area contributed by atoms with E-state index in [1.165, 1.54) is 11.3 Å². The van der Waals surface area contributed by atoms with E-state index >= 15 is 0 Å². The molecular formula is C44H48Cl2F2N14O2S. The highest BCUT2D eigenvalue weighted by molar-refractivity contribution is 7.08. The number of nitrogens with zero attached hydrogens (tertiary/aromatic N) is 8. The summed E-state index contributed by atoms with van der Waals surface area (Å²) in [4.78, 5) is 60.4. The van der Waals surface area contributed by atoms with E-state index in [1.807, 2.05) is 42.5 Å². The van der Waals surface area contributed by atoms with Crippen LogP contribution in [0.1, 0.15) is 46.5 Å². The van der Waals surface area contributed by atoms with Crippen LogP contribution in [-0.4, -0.2) is 107 Å². The first-order valence-electron chi connectivity index (χ1n) is 21.2. The molecule has 16 nitrogen and oxygen atoms in total. The summed E-state index contributed by atoms with van der Waals surface area (Å²) >= 11 is 13.7. The number of likely N-dealkylation sites (tertiary alicyclic amines) is 2. The average molecular weight is 946 g/mol. The Balaban J connectivity index is 0.000000177. The van der Waals surface area contributed by atoms with Crippen molar-refractivity contribution in [1.29, 1.82) is 0 Å². The Morgan fingerprint density at radius 1 is 0.769 bits per heavy atom. The van der Waals surface area contributed by atoms with Crippen molar-refractivity contribution in [2.24, 2.45) is 11.8 Å². The highest BCUT2D eigenvalue weighted by Crippen LogP contribution is 2.30. The second-order valence-electron chi connectivity index (χ2n) is 17.1. The summed E-state index contributed by atoms with van der Waals surface area (Å²) in [7, 11) is 0. The van der Waals surface area contributed by atoms with Crippen LogP contribution in [0, 0.1) is 23.5 Å². The predicted molar refractivity (Wildman–Crippen MR) is 251 cm³/mol. The van der Waals surface area contributed by atoms with Gasteiger partial charge in [0.05, 0.1) is 28.1 Å². The maximum absolute atomic E-state index is 14.5. The largest absolute Gasteiger partial charge is 0.367 e. The molecule has 21 heteroatoms. The molecule has 7 aromatic rings. The zero-order valence-electron chi connectivity index (χ0n) is 35.9. The summed E-state index contributed by atoms with van der Waals surface area (Å²) in [6.45, 7) is 9.52. The molecule has 2 fully saturated rings. The fraction of sp³-hybridized carbons (Fsp3) is 0.364. The van der Waals surface area contributed by atoms with Gasteiger partial charge in [-0.15, -0.1) is 0 Å². The zero-order valence-corrected chi connectivity index (χ0v) is 38.2. The number of pyridine rings is 2. The maximum atomic E-state index is 14.5. The van der Waals surface area contributed by atoms with E-state index < -0.39 is 11.6 Å². The molecule has 6 N–H and O–H groups in total. The minimum absolute atomic E-state index is 0.0655. The van der Waals surface area contributed by atoms with Crippen molar-refractivity contribution >= 4 is 86.0 Å². The van der Waals surface area contributed by atoms with Crippen LogP contribution in [-0.2, 0) is 0 Å². The van der Waals surface area contributed by atoms with Gasteiger partial charge < -0.3 is 41.0 Å². The number of piperidine rings is 2. The van der Waals surface area contributed by atoms with Gasteiger partial charge in [-0.25, -0.2) is 48.3 Å². The summed E-state index contributed by atoms with van der Waals surface area (Å²) in [5.41, 5.74) is 3.21. The number of urea groups is 2. The van der Waals surface area contributed by atoms with E-state index in [9.17, 15) is 18.4 Å². The van der Waals surface area contributed by atoms with Crippen LogP contribution in [0.25, 0.3) is 44.8 Å². The smallest absolute Gasteiger partial charge is 0.321 e. The molecule has 7 aromatic heterocycles. The second kappa shape index (κ2) is 19.9. The summed E-state index contributed by atoms with van der Waals surface area (Å²) in [6, 6.07) is 5.24. The lowest BCUT2D eigenvalue weighted by atomic mass is 9.98. The molecule has 0 spiro atoms. The number of carbonyl (C=O) groups is 2. The first-order valence-corrected chi connectivity index (χ1v) is 22.9. The monoisotopic (exact) mass is 944 g/mol. The number of nitrogens with one attached hydrogen (secondary N) is 6. The molecule has 9 rings (SSSR count). The lowest BCUT2D eigenvalue weighted by Gasteiger charge is -2.35. The molecule has 0 aromatic carbocycles. The number of amides is 4. The van der Waals surface area contributed by atoms with Gasteiger partial charge in [-0.3, -0.25) is 0 Å². The molecule has 0 bridgehead atoms. The van der Waals surface area contributed by atoms with Gasteiger partial charge in [-0.1, -0.05) is 23.2 Å². The zero-order chi connectivity index (χ0) is 45.7. The minimum Gasteiger partial charge on any atom is -0.367 e. The van der Waals surface area contributed by atoms with Crippen LogP contribution in [0.5, 0.6) is 0 Å². The Hall–Kier alpha value is -6.18. The third kappa shape index (κ3) is 11.4. The van der Waals surface area contributed by atoms with Crippen LogP contribution >= 0.6 is 34.5 Å². The second-order valence-corrected chi connectivity index (χ2v) is 18.7. The molecule has 0 aliphatic carbocycles. The first-order chi connectivity index (χ1) is 31.3. The Morgan fingerprint density at radius 3 is 1.75 bits per heavy atom. The number of carbonyl (C=O) groups excluding carboxylic acids is 2. The molecule has 9 heterocycles. The molecule has 2 aliphatic heterocycles. The third-order valence-corrected chi connectivity index (χ3v) is 12.0. The van der Waals surface area contributed by atoms with Crippen molar-refractivity contribution in [3.63, 3.8) is 0 Å². The van der Waals surface area contributed by atoms with Crippen LogP contribution in [0.2, 0.25) is 10.0 Å². The van der Waals surface area contributed by atoms with Crippen LogP contribution in [0.4, 0.5) is 35.7 Å². The Bertz CT molecular complexity index is 2780. The molecular weight excluding hydrogens is 898 g/mol. The SMILES string of the molecule is CC(C)(C)NC(=O)N1CCCC(CNc2nc(-c3c[nH]c4ncc(Cl)cc34)ncc2F)C1.O=C(Nc1ccsc1)N1CCCC(CNc2nc(-c3c[nH]c4ncc(Cl)cc34)ncc2F)C1. The van der Waals surface area contributed by atoms with E-state index in [2.05, 4.69) is 61.1 Å². The number of rotatable bonds is 9. The fourth-order valence-corrected chi connectivity index (χ4v) is 8.72. The highest BCUT2D eigenvalue weighted by atomic mass is 35.5. The van der Waals surface area contributed by atoms with Gasteiger partial charge in [0.15, 0.2) is 34.9 Å². The maximum Gasteiger partial charge on any atom is 0.321 e. The molecule has 340 valence electrons. The van der Waals surface area contributed by atoms with Gasteiger partial charge in [0.2, 0.25) is 0 Å². The van der Waals surface area contributed by atoms with Crippen molar-refractivity contribution in [3.8, 4) is 22.8 Å². The van der Waals surface area contributed by atoms with Crippen molar-refractivity contribution < 1.29 is 18.4 Å². The molecule has 65 heavy (non-hydrogen) atoms. The van der Waals surface area contributed by atoms with Crippen LogP contribution in [0.3, 0.4) is 0 Å². The predicted octanol–water partition coefficient (Wildman–Crippen LogP) is 9.67. The van der Waals surface area contributed by atoms with Gasteiger partial charge >= 0.3 is 12.1 Å². The van der Waals surface area contributed by atoms with Crippen molar-refractivity contribution in [2.45, 2.75) is 52.0 Å². The topological polar surface area (TPSA) is 198 Å². The molecule has 4 amide bonds. The fourth-order valence-electron chi connectivity index (χ4n) is 7.82. The van der Waals surface area contributed by atoms with Gasteiger partial charge in [0.25, 0.3) is 0 Å². The first kappa shape index (κ1) is 45.4. The van der Waals surface area contributed by atoms with Crippen molar-refractivity contribution in [3.05, 3.63) is 87.8 Å². The Kier molecular flexibility index (Phi) is 13.9. The molecule has 2 saturated heterocycles. The number of aromatic amines is 2. The van der Waals surface area contributed by atoms with Crippen LogP contribution in [0.15, 0.2) is 66.1 Å². The van der Waals surface area contributed by atoms with Gasteiger partial charge in [0, 0.05) is 96.9 Å². The number of hydrogen-bond acceptors (Lipinski definition) is 11. The van der Waals surface area contributed by atoms with E-state index in [1.54, 1.807) is 41.8 Å². The molecule has 2 aliphatic rings. The van der Waals surface area contributed by atoms with E-state index in [0.717, 1.165) is 61.1 Å². The summed E-state index contributed by atoms with van der Waals surface area (Å²) in [6.07, 6.45) is 12.6. The number of fused-ring (bicyclic) bond motifs is 2. The normalized spacial score (nSPS) is 16.5. The Morgan fingerprint density at radius 2 is 1.28 bits per heavy atom. The van der Waals surface area contributed by atoms with E-state index in [-0.39, 0.29) is 41.1 Å². The Labute approximate surface area is 387 Å². The number of halogens is 4. The van der Waals surface area contributed by atoms with Gasteiger partial charge in [0.1, 0.15) is 11.3 Å². The molecule has 2 unspecified atom stereocenters. The number of hydrogen-bond donors (Lipinski definition) is 6. The number of aromatic nitrogens is 8. The quantitative estimate of drug-likeness (QED) is 0.0810. The summed E-state index contributed by atoms with van der Waals surface area (Å²) < 4.78 is 28.9. The molecule has 2 atom stereocenters. The average Bonchev–Trinajstić information content (AvgIpc) is 4.06. The summed E-state index contributed by atoms with van der Waals surface area (Å²) in [5.74, 6) is 0.332.